The molecule has 1 aromatic heterocycles. The topological polar surface area (TPSA) is 71.4 Å². The molecule has 0 saturated carbocycles. The Morgan fingerprint density at radius 3 is 2.92 bits per heavy atom. The fourth-order valence-electron chi connectivity index (χ4n) is 1.11. The van der Waals surface area contributed by atoms with Gasteiger partial charge in [0.25, 0.3) is 10.0 Å². The van der Waals surface area contributed by atoms with Gasteiger partial charge < -0.3 is 0 Å². The normalized spacial score (nSPS) is 18.4. The Labute approximate surface area is 75.6 Å². The monoisotopic (exact) mass is 197 g/mol. The molecule has 0 saturated heterocycles. The molecular formula is C7H7N3O2S. The van der Waals surface area contributed by atoms with Crippen molar-refractivity contribution in [2.75, 3.05) is 0 Å². The Balaban J connectivity index is 2.79. The molecular weight excluding hydrogens is 190 g/mol. The zero-order chi connectivity index (χ0) is 9.47. The third-order valence-electron chi connectivity index (χ3n) is 1.74. The SMILES string of the molecule is CC1=NNS(=O)(=O)c2cccnc21. The number of sulfonamides is 1. The van der Waals surface area contributed by atoms with E-state index in [1.165, 1.54) is 6.07 Å². The predicted octanol–water partition coefficient (Wildman–Crippen LogP) is 0.0975. The molecule has 0 atom stereocenters. The van der Waals surface area contributed by atoms with Crippen LogP contribution in [0.3, 0.4) is 0 Å². The maximum Gasteiger partial charge on any atom is 0.278 e. The minimum atomic E-state index is -3.47. The first kappa shape index (κ1) is 8.18. The highest BCUT2D eigenvalue weighted by atomic mass is 32.2. The lowest BCUT2D eigenvalue weighted by Crippen LogP contribution is -2.27. The Hall–Kier alpha value is -1.43. The maximum absolute atomic E-state index is 11.4. The van der Waals surface area contributed by atoms with Crippen LogP contribution >= 0.6 is 0 Å². The van der Waals surface area contributed by atoms with E-state index in [1.54, 1.807) is 19.2 Å². The van der Waals surface area contributed by atoms with E-state index in [4.69, 9.17) is 0 Å². The van der Waals surface area contributed by atoms with Crippen molar-refractivity contribution in [1.29, 1.82) is 0 Å². The minimum absolute atomic E-state index is 0.183. The largest absolute Gasteiger partial charge is 0.278 e. The van der Waals surface area contributed by atoms with E-state index in [0.29, 0.717) is 11.4 Å². The molecule has 0 fully saturated rings. The number of hydrazone groups is 1. The summed E-state index contributed by atoms with van der Waals surface area (Å²) < 4.78 is 22.7. The van der Waals surface area contributed by atoms with Gasteiger partial charge in [0.15, 0.2) is 0 Å². The summed E-state index contributed by atoms with van der Waals surface area (Å²) in [5, 5.41) is 3.64. The highest BCUT2D eigenvalue weighted by Crippen LogP contribution is 2.16. The van der Waals surface area contributed by atoms with Crippen LogP contribution in [0.2, 0.25) is 0 Å². The molecule has 0 radical (unpaired) electrons. The molecule has 0 bridgehead atoms. The molecule has 0 unspecified atom stereocenters. The summed E-state index contributed by atoms with van der Waals surface area (Å²) in [7, 11) is -3.47. The van der Waals surface area contributed by atoms with Gasteiger partial charge in [-0.05, 0) is 19.1 Å². The van der Waals surface area contributed by atoms with Crippen LogP contribution in [0.25, 0.3) is 0 Å². The molecule has 2 heterocycles. The fraction of sp³-hybridized carbons (Fsp3) is 0.143. The van der Waals surface area contributed by atoms with Crippen molar-refractivity contribution < 1.29 is 8.42 Å². The number of fused-ring (bicyclic) bond motifs is 1. The summed E-state index contributed by atoms with van der Waals surface area (Å²) in [5.41, 5.74) is 0.992. The van der Waals surface area contributed by atoms with Crippen LogP contribution in [0.5, 0.6) is 0 Å². The molecule has 13 heavy (non-hydrogen) atoms. The number of pyridine rings is 1. The van der Waals surface area contributed by atoms with E-state index in [2.05, 4.69) is 14.9 Å². The van der Waals surface area contributed by atoms with Crippen molar-refractivity contribution in [2.45, 2.75) is 11.8 Å². The van der Waals surface area contributed by atoms with Crippen LogP contribution in [0.15, 0.2) is 28.3 Å². The van der Waals surface area contributed by atoms with Gasteiger partial charge in [0.05, 0.1) is 5.71 Å². The van der Waals surface area contributed by atoms with Crippen molar-refractivity contribution >= 4 is 15.7 Å². The fourth-order valence-corrected chi connectivity index (χ4v) is 2.18. The van der Waals surface area contributed by atoms with Crippen molar-refractivity contribution in [1.82, 2.24) is 9.82 Å². The molecule has 0 amide bonds. The number of nitrogens with zero attached hydrogens (tertiary/aromatic N) is 2. The van der Waals surface area contributed by atoms with E-state index in [-0.39, 0.29) is 4.90 Å². The quantitative estimate of drug-likeness (QED) is 0.641. The average Bonchev–Trinajstić information content (AvgIpc) is 2.13. The molecule has 1 aliphatic heterocycles. The van der Waals surface area contributed by atoms with Crippen molar-refractivity contribution in [3.05, 3.63) is 24.0 Å². The van der Waals surface area contributed by atoms with Gasteiger partial charge in [0.1, 0.15) is 10.6 Å². The van der Waals surface area contributed by atoms with Gasteiger partial charge >= 0.3 is 0 Å². The van der Waals surface area contributed by atoms with E-state index < -0.39 is 10.0 Å². The molecule has 5 nitrogen and oxygen atoms in total. The van der Waals surface area contributed by atoms with Gasteiger partial charge in [0.2, 0.25) is 0 Å². The third-order valence-corrected chi connectivity index (χ3v) is 2.98. The van der Waals surface area contributed by atoms with E-state index >= 15 is 0 Å². The summed E-state index contributed by atoms with van der Waals surface area (Å²) in [6.45, 7) is 1.70. The van der Waals surface area contributed by atoms with E-state index in [9.17, 15) is 8.42 Å². The minimum Gasteiger partial charge on any atom is -0.253 e. The molecule has 68 valence electrons. The van der Waals surface area contributed by atoms with Gasteiger partial charge in [-0.25, -0.2) is 0 Å². The molecule has 1 aliphatic rings. The summed E-state index contributed by atoms with van der Waals surface area (Å²) in [4.78, 5) is 6.21. The number of rotatable bonds is 0. The molecule has 0 aromatic carbocycles. The maximum atomic E-state index is 11.4. The Morgan fingerprint density at radius 2 is 2.23 bits per heavy atom. The lowest BCUT2D eigenvalue weighted by molar-refractivity contribution is 0.582. The first-order chi connectivity index (χ1) is 6.11. The molecule has 1 N–H and O–H groups in total. The molecule has 6 heteroatoms. The summed E-state index contributed by atoms with van der Waals surface area (Å²) >= 11 is 0. The van der Waals surface area contributed by atoms with Crippen molar-refractivity contribution in [3.63, 3.8) is 0 Å². The number of aromatic nitrogens is 1. The van der Waals surface area contributed by atoms with Crippen LogP contribution in [0.1, 0.15) is 12.6 Å². The summed E-state index contributed by atoms with van der Waals surface area (Å²) in [6.07, 6.45) is 1.54. The van der Waals surface area contributed by atoms with Crippen molar-refractivity contribution in [2.24, 2.45) is 5.10 Å². The van der Waals surface area contributed by atoms with Crippen molar-refractivity contribution in [3.8, 4) is 0 Å². The highest BCUT2D eigenvalue weighted by molar-refractivity contribution is 7.89. The zero-order valence-corrected chi connectivity index (χ0v) is 7.67. The number of hydrogen-bond donors (Lipinski definition) is 1. The lowest BCUT2D eigenvalue weighted by atomic mass is 10.2. The van der Waals surface area contributed by atoms with Gasteiger partial charge in [-0.2, -0.15) is 18.4 Å². The summed E-state index contributed by atoms with van der Waals surface area (Å²) in [6, 6.07) is 3.08. The molecule has 1 aromatic rings. The van der Waals surface area contributed by atoms with Crippen LogP contribution in [-0.2, 0) is 10.0 Å². The van der Waals surface area contributed by atoms with Gasteiger partial charge in [-0.15, -0.1) is 0 Å². The third kappa shape index (κ3) is 1.19. The predicted molar refractivity (Wildman–Crippen MR) is 46.8 cm³/mol. The molecule has 0 aliphatic carbocycles. The second-order valence-corrected chi connectivity index (χ2v) is 4.27. The first-order valence-corrected chi connectivity index (χ1v) is 5.11. The Kier molecular flexibility index (Phi) is 1.59. The molecule has 2 rings (SSSR count). The standard InChI is InChI=1S/C7H7N3O2S/c1-5-7-6(3-2-4-8-7)13(11,12)10-9-5/h2-4,10H,1H3. The summed E-state index contributed by atoms with van der Waals surface area (Å²) in [5.74, 6) is 0. The smallest absolute Gasteiger partial charge is 0.253 e. The van der Waals surface area contributed by atoms with Crippen LogP contribution in [0.4, 0.5) is 0 Å². The van der Waals surface area contributed by atoms with Crippen LogP contribution < -0.4 is 4.83 Å². The number of nitrogens with one attached hydrogen (secondary N) is 1. The van der Waals surface area contributed by atoms with Gasteiger partial charge in [0, 0.05) is 6.20 Å². The van der Waals surface area contributed by atoms with Gasteiger partial charge in [-0.1, -0.05) is 0 Å². The Bertz CT molecular complexity index is 478. The Morgan fingerprint density at radius 1 is 1.46 bits per heavy atom. The lowest BCUT2D eigenvalue weighted by Gasteiger charge is -2.13. The second-order valence-electron chi connectivity index (χ2n) is 2.64. The highest BCUT2D eigenvalue weighted by Gasteiger charge is 2.24. The van der Waals surface area contributed by atoms with Gasteiger partial charge in [-0.3, -0.25) is 4.98 Å². The second kappa shape index (κ2) is 2.53. The van der Waals surface area contributed by atoms with Crippen LogP contribution in [0, 0.1) is 0 Å². The molecule has 0 spiro atoms. The van der Waals surface area contributed by atoms with Crippen LogP contribution in [-0.4, -0.2) is 19.1 Å². The average molecular weight is 197 g/mol. The number of hydrogen-bond acceptors (Lipinski definition) is 4. The zero-order valence-electron chi connectivity index (χ0n) is 6.85. The van der Waals surface area contributed by atoms with E-state index in [0.717, 1.165) is 0 Å². The van der Waals surface area contributed by atoms with E-state index in [1.807, 2.05) is 0 Å². The first-order valence-electron chi connectivity index (χ1n) is 3.63.